The molecule has 1 N–H and O–H groups in total. The minimum atomic E-state index is -0.501. The lowest BCUT2D eigenvalue weighted by atomic mass is 10.1. The van der Waals surface area contributed by atoms with Crippen molar-refractivity contribution < 1.29 is 9.18 Å². The molecule has 0 aliphatic carbocycles. The van der Waals surface area contributed by atoms with Gasteiger partial charge in [0.25, 0.3) is 0 Å². The average molecular weight is 313 g/mol. The molecule has 1 aromatic heterocycles. The molecule has 20 heavy (non-hydrogen) atoms. The summed E-state index contributed by atoms with van der Waals surface area (Å²) in [6, 6.07) is 7.52. The number of nitrogens with zero attached hydrogens (tertiary/aromatic N) is 1. The fraction of sp³-hybridized carbons (Fsp3) is 0.143. The lowest BCUT2D eigenvalue weighted by molar-refractivity contribution is -0.115. The van der Waals surface area contributed by atoms with E-state index in [1.807, 2.05) is 0 Å². The van der Waals surface area contributed by atoms with E-state index in [0.29, 0.717) is 16.5 Å². The maximum Gasteiger partial charge on any atom is 0.229 e. The highest BCUT2D eigenvalue weighted by molar-refractivity contribution is 6.31. The number of pyridine rings is 1. The van der Waals surface area contributed by atoms with Crippen LogP contribution in [0.5, 0.6) is 0 Å². The number of anilines is 1. The van der Waals surface area contributed by atoms with E-state index in [4.69, 9.17) is 23.2 Å². The van der Waals surface area contributed by atoms with Crippen LogP contribution in [0.4, 0.5) is 10.1 Å². The van der Waals surface area contributed by atoms with E-state index in [1.165, 1.54) is 12.1 Å². The summed E-state index contributed by atoms with van der Waals surface area (Å²) in [6.07, 6.45) is -0.145. The molecule has 0 radical (unpaired) electrons. The van der Waals surface area contributed by atoms with Gasteiger partial charge in [0.15, 0.2) is 0 Å². The zero-order valence-corrected chi connectivity index (χ0v) is 12.1. The lowest BCUT2D eigenvalue weighted by Gasteiger charge is -2.09. The molecule has 0 unspecified atom stereocenters. The Hall–Kier alpha value is -1.65. The normalized spacial score (nSPS) is 10.4. The van der Waals surface area contributed by atoms with E-state index >= 15 is 0 Å². The third-order valence-electron chi connectivity index (χ3n) is 2.72. The number of benzene rings is 1. The molecule has 1 heterocycles. The molecule has 0 spiro atoms. The van der Waals surface area contributed by atoms with Gasteiger partial charge in [0.1, 0.15) is 11.0 Å². The van der Waals surface area contributed by atoms with E-state index in [9.17, 15) is 9.18 Å². The molecule has 6 heteroatoms. The van der Waals surface area contributed by atoms with Crippen LogP contribution in [0.2, 0.25) is 10.2 Å². The average Bonchev–Trinajstić information content (AvgIpc) is 2.37. The van der Waals surface area contributed by atoms with Gasteiger partial charge in [0.05, 0.1) is 17.8 Å². The van der Waals surface area contributed by atoms with Crippen LogP contribution in [0.25, 0.3) is 0 Å². The Morgan fingerprint density at radius 1 is 1.30 bits per heavy atom. The fourth-order valence-electron chi connectivity index (χ4n) is 1.72. The van der Waals surface area contributed by atoms with Crippen molar-refractivity contribution in [1.82, 2.24) is 4.98 Å². The number of hydrogen-bond acceptors (Lipinski definition) is 2. The van der Waals surface area contributed by atoms with Gasteiger partial charge in [0.2, 0.25) is 5.91 Å². The van der Waals surface area contributed by atoms with E-state index in [-0.39, 0.29) is 22.9 Å². The molecule has 0 bridgehead atoms. The van der Waals surface area contributed by atoms with Crippen LogP contribution < -0.4 is 5.32 Å². The summed E-state index contributed by atoms with van der Waals surface area (Å²) >= 11 is 11.6. The zero-order valence-electron chi connectivity index (χ0n) is 10.6. The minimum absolute atomic E-state index is 0.145. The summed E-state index contributed by atoms with van der Waals surface area (Å²) in [5.74, 6) is -0.872. The van der Waals surface area contributed by atoms with Gasteiger partial charge in [-0.3, -0.25) is 4.79 Å². The maximum absolute atomic E-state index is 13.6. The highest BCUT2D eigenvalue weighted by Crippen LogP contribution is 2.21. The van der Waals surface area contributed by atoms with Crippen LogP contribution in [0.3, 0.4) is 0 Å². The Labute approximate surface area is 125 Å². The predicted octanol–water partition coefficient (Wildman–Crippen LogP) is 4.02. The Bertz CT molecular complexity index is 641. The first-order chi connectivity index (χ1) is 9.47. The Morgan fingerprint density at radius 3 is 2.70 bits per heavy atom. The quantitative estimate of drug-likeness (QED) is 0.870. The zero-order chi connectivity index (χ0) is 14.7. The van der Waals surface area contributed by atoms with Crippen LogP contribution in [0.15, 0.2) is 30.3 Å². The number of aromatic nitrogens is 1. The largest absolute Gasteiger partial charge is 0.324 e. The fourth-order valence-corrected chi connectivity index (χ4v) is 2.14. The van der Waals surface area contributed by atoms with Crippen molar-refractivity contribution in [3.8, 4) is 0 Å². The molecule has 104 valence electrons. The van der Waals surface area contributed by atoms with Crippen LogP contribution in [-0.4, -0.2) is 10.9 Å². The number of rotatable bonds is 3. The second kappa shape index (κ2) is 6.20. The van der Waals surface area contributed by atoms with E-state index in [0.717, 1.165) is 0 Å². The number of carbonyl (C=O) groups is 1. The van der Waals surface area contributed by atoms with Gasteiger partial charge < -0.3 is 5.32 Å². The first-order valence-corrected chi connectivity index (χ1v) is 6.59. The smallest absolute Gasteiger partial charge is 0.229 e. The van der Waals surface area contributed by atoms with Crippen LogP contribution in [-0.2, 0) is 11.2 Å². The molecular formula is C14H11Cl2FN2O. The summed E-state index contributed by atoms with van der Waals surface area (Å²) in [5, 5.41) is 3.23. The number of amides is 1. The van der Waals surface area contributed by atoms with E-state index in [2.05, 4.69) is 10.3 Å². The molecular weight excluding hydrogens is 302 g/mol. The number of aryl methyl sites for hydroxylation is 1. The summed E-state index contributed by atoms with van der Waals surface area (Å²) in [5.41, 5.74) is 1.29. The molecule has 0 fully saturated rings. The van der Waals surface area contributed by atoms with Gasteiger partial charge in [0, 0.05) is 10.6 Å². The molecule has 1 amide bonds. The highest BCUT2D eigenvalue weighted by atomic mass is 35.5. The molecule has 0 aliphatic heterocycles. The molecule has 3 nitrogen and oxygen atoms in total. The number of nitrogens with one attached hydrogen (secondary N) is 1. The van der Waals surface area contributed by atoms with E-state index < -0.39 is 5.82 Å². The number of hydrogen-bond donors (Lipinski definition) is 1. The third kappa shape index (κ3) is 3.46. The third-order valence-corrected chi connectivity index (χ3v) is 3.29. The van der Waals surface area contributed by atoms with Crippen molar-refractivity contribution in [1.29, 1.82) is 0 Å². The van der Waals surface area contributed by atoms with Crippen molar-refractivity contribution in [2.24, 2.45) is 0 Å². The first-order valence-electron chi connectivity index (χ1n) is 5.83. The standard InChI is InChI=1S/C14H11Cl2FN2O/c1-8-12(5-6-13(16)18-8)19-14(20)7-9-10(15)3-2-4-11(9)17/h2-6H,7H2,1H3,(H,19,20). The molecule has 0 aliphatic rings. The maximum atomic E-state index is 13.6. The highest BCUT2D eigenvalue weighted by Gasteiger charge is 2.13. The summed E-state index contributed by atoms with van der Waals surface area (Å²) in [6.45, 7) is 1.72. The summed E-state index contributed by atoms with van der Waals surface area (Å²) in [7, 11) is 0. The SMILES string of the molecule is Cc1nc(Cl)ccc1NC(=O)Cc1c(F)cccc1Cl. The molecule has 0 saturated heterocycles. The molecule has 0 atom stereocenters. The second-order valence-electron chi connectivity index (χ2n) is 4.19. The summed E-state index contributed by atoms with van der Waals surface area (Å²) < 4.78 is 13.6. The molecule has 2 rings (SSSR count). The Morgan fingerprint density at radius 2 is 2.05 bits per heavy atom. The Kier molecular flexibility index (Phi) is 4.57. The van der Waals surface area contributed by atoms with Crippen LogP contribution in [0, 0.1) is 12.7 Å². The van der Waals surface area contributed by atoms with E-state index in [1.54, 1.807) is 25.1 Å². The molecule has 0 saturated carbocycles. The predicted molar refractivity (Wildman–Crippen MR) is 77.7 cm³/mol. The van der Waals surface area contributed by atoms with Crippen molar-refractivity contribution in [3.05, 3.63) is 57.6 Å². The number of halogens is 3. The Balaban J connectivity index is 2.13. The van der Waals surface area contributed by atoms with Crippen LogP contribution >= 0.6 is 23.2 Å². The van der Waals surface area contributed by atoms with Gasteiger partial charge in [-0.2, -0.15) is 0 Å². The van der Waals surface area contributed by atoms with Crippen molar-refractivity contribution >= 4 is 34.8 Å². The van der Waals surface area contributed by atoms with Gasteiger partial charge >= 0.3 is 0 Å². The molecule has 2 aromatic rings. The minimum Gasteiger partial charge on any atom is -0.324 e. The topological polar surface area (TPSA) is 42.0 Å². The summed E-state index contributed by atoms with van der Waals surface area (Å²) in [4.78, 5) is 15.9. The van der Waals surface area contributed by atoms with Crippen molar-refractivity contribution in [3.63, 3.8) is 0 Å². The first kappa shape index (κ1) is 14.8. The second-order valence-corrected chi connectivity index (χ2v) is 4.99. The van der Waals surface area contributed by atoms with Gasteiger partial charge in [-0.15, -0.1) is 0 Å². The van der Waals surface area contributed by atoms with Crippen molar-refractivity contribution in [2.75, 3.05) is 5.32 Å². The lowest BCUT2D eigenvalue weighted by Crippen LogP contribution is -2.16. The van der Waals surface area contributed by atoms with Crippen molar-refractivity contribution in [2.45, 2.75) is 13.3 Å². The van der Waals surface area contributed by atoms with Gasteiger partial charge in [-0.25, -0.2) is 9.37 Å². The van der Waals surface area contributed by atoms with Gasteiger partial charge in [-0.05, 0) is 31.2 Å². The van der Waals surface area contributed by atoms with Gasteiger partial charge in [-0.1, -0.05) is 29.3 Å². The molecule has 1 aromatic carbocycles. The number of carbonyl (C=O) groups excluding carboxylic acids is 1. The monoisotopic (exact) mass is 312 g/mol. The van der Waals surface area contributed by atoms with Crippen LogP contribution in [0.1, 0.15) is 11.3 Å².